The third-order valence-electron chi connectivity index (χ3n) is 5.09. The maximum Gasteiger partial charge on any atom is 0.246 e. The Hall–Kier alpha value is -3.18. The van der Waals surface area contributed by atoms with Crippen molar-refractivity contribution in [1.82, 2.24) is 19.6 Å². The van der Waals surface area contributed by atoms with Crippen LogP contribution in [0.4, 0.5) is 0 Å². The van der Waals surface area contributed by atoms with Gasteiger partial charge < -0.3 is 9.80 Å². The lowest BCUT2D eigenvalue weighted by Crippen LogP contribution is -2.35. The largest absolute Gasteiger partial charge is 0.334 e. The van der Waals surface area contributed by atoms with Crippen LogP contribution in [0.2, 0.25) is 0 Å². The third kappa shape index (κ3) is 5.45. The molecule has 0 aliphatic heterocycles. The predicted molar refractivity (Wildman–Crippen MR) is 122 cm³/mol. The van der Waals surface area contributed by atoms with E-state index in [0.717, 1.165) is 34.7 Å². The van der Waals surface area contributed by atoms with Crippen molar-refractivity contribution in [2.24, 2.45) is 0 Å². The number of aryl methyl sites for hydroxylation is 1. The molecule has 0 aliphatic carbocycles. The van der Waals surface area contributed by atoms with Crippen LogP contribution in [0.15, 0.2) is 66.7 Å². The first kappa shape index (κ1) is 21.5. The highest BCUT2D eigenvalue weighted by molar-refractivity contribution is 5.92. The summed E-state index contributed by atoms with van der Waals surface area (Å²) in [4.78, 5) is 17.0. The van der Waals surface area contributed by atoms with Gasteiger partial charge in [0.05, 0.1) is 11.4 Å². The van der Waals surface area contributed by atoms with E-state index < -0.39 is 0 Å². The van der Waals surface area contributed by atoms with Gasteiger partial charge in [0.15, 0.2) is 0 Å². The standard InChI is InChI=1S/C25H30N4O/c1-20-24(21(2)29(26-20)23-13-9-6-10-14-23)15-16-25(30)28(18-17-27(3)4)19-22-11-7-5-8-12-22/h5-16H,17-19H2,1-4H3/b16-15+. The van der Waals surface area contributed by atoms with Crippen LogP contribution in [0.5, 0.6) is 0 Å². The average molecular weight is 403 g/mol. The van der Waals surface area contributed by atoms with Gasteiger partial charge in [-0.1, -0.05) is 48.5 Å². The fourth-order valence-electron chi connectivity index (χ4n) is 3.37. The van der Waals surface area contributed by atoms with Crippen molar-refractivity contribution in [3.05, 3.63) is 89.3 Å². The lowest BCUT2D eigenvalue weighted by Gasteiger charge is -2.23. The van der Waals surface area contributed by atoms with Crippen LogP contribution in [-0.2, 0) is 11.3 Å². The number of benzene rings is 2. The zero-order chi connectivity index (χ0) is 21.5. The molecule has 30 heavy (non-hydrogen) atoms. The quantitative estimate of drug-likeness (QED) is 0.533. The maximum absolute atomic E-state index is 13.0. The van der Waals surface area contributed by atoms with Gasteiger partial charge in [-0.15, -0.1) is 0 Å². The highest BCUT2D eigenvalue weighted by Crippen LogP contribution is 2.19. The maximum atomic E-state index is 13.0. The number of nitrogens with zero attached hydrogens (tertiary/aromatic N) is 4. The normalized spacial score (nSPS) is 11.4. The molecule has 5 nitrogen and oxygen atoms in total. The minimum Gasteiger partial charge on any atom is -0.334 e. The SMILES string of the molecule is Cc1nn(-c2ccccc2)c(C)c1/C=C/C(=O)N(CCN(C)C)Cc1ccccc1. The highest BCUT2D eigenvalue weighted by atomic mass is 16.2. The fraction of sp³-hybridized carbons (Fsp3) is 0.280. The molecule has 0 saturated carbocycles. The highest BCUT2D eigenvalue weighted by Gasteiger charge is 2.14. The van der Waals surface area contributed by atoms with E-state index in [-0.39, 0.29) is 5.91 Å². The Bertz CT molecular complexity index is 991. The molecule has 0 fully saturated rings. The second-order valence-electron chi connectivity index (χ2n) is 7.71. The van der Waals surface area contributed by atoms with Gasteiger partial charge in [-0.3, -0.25) is 4.79 Å². The van der Waals surface area contributed by atoms with Crippen LogP contribution >= 0.6 is 0 Å². The molecule has 1 aromatic heterocycles. The molecular weight excluding hydrogens is 372 g/mol. The number of amides is 1. The lowest BCUT2D eigenvalue weighted by atomic mass is 10.1. The van der Waals surface area contributed by atoms with Crippen molar-refractivity contribution in [2.45, 2.75) is 20.4 Å². The van der Waals surface area contributed by atoms with Gasteiger partial charge in [0.1, 0.15) is 0 Å². The lowest BCUT2D eigenvalue weighted by molar-refractivity contribution is -0.126. The van der Waals surface area contributed by atoms with Crippen LogP contribution in [0.3, 0.4) is 0 Å². The predicted octanol–water partition coefficient (Wildman–Crippen LogP) is 4.09. The van der Waals surface area contributed by atoms with Gasteiger partial charge in [-0.25, -0.2) is 4.68 Å². The first-order valence-corrected chi connectivity index (χ1v) is 10.2. The smallest absolute Gasteiger partial charge is 0.246 e. The van der Waals surface area contributed by atoms with Gasteiger partial charge in [-0.2, -0.15) is 5.10 Å². The van der Waals surface area contributed by atoms with Crippen molar-refractivity contribution in [1.29, 1.82) is 0 Å². The van der Waals surface area contributed by atoms with Crippen LogP contribution in [0.1, 0.15) is 22.5 Å². The monoisotopic (exact) mass is 402 g/mol. The number of carbonyl (C=O) groups is 1. The van der Waals surface area contributed by atoms with Crippen molar-refractivity contribution in [2.75, 3.05) is 27.2 Å². The van der Waals surface area contributed by atoms with Crippen molar-refractivity contribution in [3.8, 4) is 5.69 Å². The third-order valence-corrected chi connectivity index (χ3v) is 5.09. The second-order valence-corrected chi connectivity index (χ2v) is 7.71. The van der Waals surface area contributed by atoms with Gasteiger partial charge in [0.2, 0.25) is 5.91 Å². The summed E-state index contributed by atoms with van der Waals surface area (Å²) in [5.41, 5.74) is 5.05. The van der Waals surface area contributed by atoms with Crippen molar-refractivity contribution >= 4 is 12.0 Å². The summed E-state index contributed by atoms with van der Waals surface area (Å²) in [7, 11) is 4.04. The number of hydrogen-bond donors (Lipinski definition) is 0. The minimum atomic E-state index is 0.00645. The van der Waals surface area contributed by atoms with Gasteiger partial charge in [-0.05, 0) is 51.7 Å². The zero-order valence-corrected chi connectivity index (χ0v) is 18.2. The molecule has 5 heteroatoms. The molecule has 0 aliphatic rings. The van der Waals surface area contributed by atoms with E-state index >= 15 is 0 Å². The van der Waals surface area contributed by atoms with E-state index in [1.54, 1.807) is 6.08 Å². The molecule has 0 saturated heterocycles. The average Bonchev–Trinajstić information content (AvgIpc) is 3.04. The Labute approximate surface area is 179 Å². The first-order chi connectivity index (χ1) is 14.5. The fourth-order valence-corrected chi connectivity index (χ4v) is 3.37. The topological polar surface area (TPSA) is 41.4 Å². The molecule has 3 aromatic rings. The van der Waals surface area contributed by atoms with E-state index in [2.05, 4.69) is 22.1 Å². The summed E-state index contributed by atoms with van der Waals surface area (Å²) in [5, 5.41) is 4.66. The molecule has 2 aromatic carbocycles. The summed E-state index contributed by atoms with van der Waals surface area (Å²) in [6.07, 6.45) is 3.57. The summed E-state index contributed by atoms with van der Waals surface area (Å²) in [6, 6.07) is 20.1. The molecule has 0 spiro atoms. The van der Waals surface area contributed by atoms with Crippen LogP contribution in [0.25, 0.3) is 11.8 Å². The number of likely N-dealkylation sites (N-methyl/N-ethyl adjacent to an activating group) is 1. The first-order valence-electron chi connectivity index (χ1n) is 10.2. The second kappa shape index (κ2) is 10.0. The van der Waals surface area contributed by atoms with Gasteiger partial charge in [0.25, 0.3) is 0 Å². The molecule has 0 radical (unpaired) electrons. The molecule has 0 bridgehead atoms. The zero-order valence-electron chi connectivity index (χ0n) is 18.2. The van der Waals surface area contributed by atoms with E-state index in [4.69, 9.17) is 0 Å². The minimum absolute atomic E-state index is 0.00645. The number of para-hydroxylation sites is 1. The van der Waals surface area contributed by atoms with Crippen molar-refractivity contribution in [3.63, 3.8) is 0 Å². The van der Waals surface area contributed by atoms with Crippen LogP contribution in [-0.4, -0.2) is 52.7 Å². The summed E-state index contributed by atoms with van der Waals surface area (Å²) < 4.78 is 1.92. The van der Waals surface area contributed by atoms with E-state index in [9.17, 15) is 4.79 Å². The van der Waals surface area contributed by atoms with Crippen LogP contribution < -0.4 is 0 Å². The number of hydrogen-bond acceptors (Lipinski definition) is 3. The van der Waals surface area contributed by atoms with Crippen LogP contribution in [0, 0.1) is 13.8 Å². The summed E-state index contributed by atoms with van der Waals surface area (Å²) in [6.45, 7) is 6.09. The molecule has 0 N–H and O–H groups in total. The summed E-state index contributed by atoms with van der Waals surface area (Å²) >= 11 is 0. The number of rotatable bonds is 8. The van der Waals surface area contributed by atoms with E-state index in [1.165, 1.54) is 0 Å². The van der Waals surface area contributed by atoms with Gasteiger partial charge in [0, 0.05) is 37.0 Å². The molecule has 156 valence electrons. The Balaban J connectivity index is 1.80. The molecule has 0 atom stereocenters. The molecule has 0 unspecified atom stereocenters. The molecular formula is C25H30N4O. The van der Waals surface area contributed by atoms with E-state index in [1.807, 2.05) is 92.1 Å². The van der Waals surface area contributed by atoms with E-state index in [0.29, 0.717) is 13.1 Å². The van der Waals surface area contributed by atoms with Gasteiger partial charge >= 0.3 is 0 Å². The molecule has 1 amide bonds. The Morgan fingerprint density at radius 3 is 2.23 bits per heavy atom. The summed E-state index contributed by atoms with van der Waals surface area (Å²) in [5.74, 6) is 0.00645. The Kier molecular flexibility index (Phi) is 7.20. The molecule has 1 heterocycles. The molecule has 3 rings (SSSR count). The number of carbonyl (C=O) groups excluding carboxylic acids is 1. The Morgan fingerprint density at radius 2 is 1.60 bits per heavy atom. The van der Waals surface area contributed by atoms with Crippen molar-refractivity contribution < 1.29 is 4.79 Å². The number of aromatic nitrogens is 2. The Morgan fingerprint density at radius 1 is 0.967 bits per heavy atom.